The Bertz CT molecular complexity index is 700. The first kappa shape index (κ1) is 15.7. The minimum atomic E-state index is -0.342. The molecule has 1 atom stereocenters. The van der Waals surface area contributed by atoms with E-state index in [1.807, 2.05) is 29.6 Å². The van der Waals surface area contributed by atoms with Crippen LogP contribution >= 0.6 is 11.3 Å². The van der Waals surface area contributed by atoms with Crippen molar-refractivity contribution in [1.82, 2.24) is 10.2 Å². The van der Waals surface area contributed by atoms with Gasteiger partial charge < -0.3 is 15.3 Å². The van der Waals surface area contributed by atoms with Gasteiger partial charge >= 0.3 is 0 Å². The summed E-state index contributed by atoms with van der Waals surface area (Å²) in [5.74, 6) is -0.422. The second-order valence-electron chi connectivity index (χ2n) is 5.39. The van der Waals surface area contributed by atoms with E-state index in [0.717, 1.165) is 12.0 Å². The average Bonchev–Trinajstić information content (AvgIpc) is 3.13. The van der Waals surface area contributed by atoms with Crippen molar-refractivity contribution < 1.29 is 14.7 Å². The maximum Gasteiger partial charge on any atom is 0.261 e. The maximum atomic E-state index is 12.5. The summed E-state index contributed by atoms with van der Waals surface area (Å²) in [7, 11) is 0. The van der Waals surface area contributed by atoms with Gasteiger partial charge in [0.25, 0.3) is 5.91 Å². The summed E-state index contributed by atoms with van der Waals surface area (Å²) in [4.78, 5) is 26.6. The molecule has 0 saturated carbocycles. The molecule has 1 aromatic heterocycles. The van der Waals surface area contributed by atoms with Gasteiger partial charge in [0.05, 0.1) is 24.1 Å². The number of carbonyl (C=O) groups is 2. The van der Waals surface area contributed by atoms with Crippen molar-refractivity contribution in [2.75, 3.05) is 19.7 Å². The number of rotatable bonds is 4. The van der Waals surface area contributed by atoms with Crippen LogP contribution < -0.4 is 5.32 Å². The standard InChI is InChI=1S/C17H18N2O3S/c20-11-14-13-5-2-1-4-12(13)7-8-19(14)16(21)10-18-17(22)15-6-3-9-23-15/h1-6,9,14,20H,7-8,10-11H2,(H,18,22)/t14-/m0/s1. The molecule has 1 aromatic carbocycles. The number of aliphatic hydroxyl groups excluding tert-OH is 1. The summed E-state index contributed by atoms with van der Waals surface area (Å²) < 4.78 is 0. The molecule has 1 aliphatic rings. The van der Waals surface area contributed by atoms with Gasteiger partial charge in [-0.2, -0.15) is 0 Å². The molecule has 120 valence electrons. The number of thiophene rings is 1. The zero-order chi connectivity index (χ0) is 16.2. The van der Waals surface area contributed by atoms with Gasteiger partial charge in [-0.3, -0.25) is 9.59 Å². The number of aliphatic hydroxyl groups is 1. The minimum absolute atomic E-state index is 0.0601. The Labute approximate surface area is 138 Å². The fraction of sp³-hybridized carbons (Fsp3) is 0.294. The van der Waals surface area contributed by atoms with Crippen molar-refractivity contribution in [3.63, 3.8) is 0 Å². The van der Waals surface area contributed by atoms with Crippen LogP contribution in [0.3, 0.4) is 0 Å². The molecule has 0 spiro atoms. The van der Waals surface area contributed by atoms with Crippen LogP contribution in [0.5, 0.6) is 0 Å². The molecule has 0 unspecified atom stereocenters. The lowest BCUT2D eigenvalue weighted by molar-refractivity contribution is -0.134. The predicted molar refractivity (Wildman–Crippen MR) is 88.3 cm³/mol. The van der Waals surface area contributed by atoms with Gasteiger partial charge in [-0.25, -0.2) is 0 Å². The number of hydrogen-bond donors (Lipinski definition) is 2. The van der Waals surface area contributed by atoms with Crippen LogP contribution in [0.25, 0.3) is 0 Å². The van der Waals surface area contributed by atoms with Crippen LogP contribution in [0.2, 0.25) is 0 Å². The molecule has 5 nitrogen and oxygen atoms in total. The van der Waals surface area contributed by atoms with E-state index in [1.165, 1.54) is 16.9 Å². The highest BCUT2D eigenvalue weighted by molar-refractivity contribution is 7.12. The molecule has 23 heavy (non-hydrogen) atoms. The van der Waals surface area contributed by atoms with Gasteiger partial charge in [0.1, 0.15) is 0 Å². The number of benzene rings is 1. The molecule has 0 radical (unpaired) electrons. The number of nitrogens with zero attached hydrogens (tertiary/aromatic N) is 1. The third kappa shape index (κ3) is 3.28. The largest absolute Gasteiger partial charge is 0.394 e. The van der Waals surface area contributed by atoms with Crippen LogP contribution in [-0.4, -0.2) is 41.5 Å². The van der Waals surface area contributed by atoms with Crippen molar-refractivity contribution in [2.24, 2.45) is 0 Å². The Morgan fingerprint density at radius 1 is 1.26 bits per heavy atom. The van der Waals surface area contributed by atoms with E-state index < -0.39 is 0 Å². The van der Waals surface area contributed by atoms with E-state index in [9.17, 15) is 14.7 Å². The minimum Gasteiger partial charge on any atom is -0.394 e. The number of hydrogen-bond acceptors (Lipinski definition) is 4. The van der Waals surface area contributed by atoms with Crippen molar-refractivity contribution in [3.05, 3.63) is 57.8 Å². The maximum absolute atomic E-state index is 12.5. The Hall–Kier alpha value is -2.18. The SMILES string of the molecule is O=C(NCC(=O)N1CCc2ccccc2[C@@H]1CO)c1cccs1. The highest BCUT2D eigenvalue weighted by atomic mass is 32.1. The number of amides is 2. The molecule has 3 rings (SSSR count). The van der Waals surface area contributed by atoms with E-state index in [4.69, 9.17) is 0 Å². The lowest BCUT2D eigenvalue weighted by Crippen LogP contribution is -2.46. The zero-order valence-corrected chi connectivity index (χ0v) is 13.4. The molecule has 2 heterocycles. The van der Waals surface area contributed by atoms with E-state index in [2.05, 4.69) is 5.32 Å². The van der Waals surface area contributed by atoms with Gasteiger partial charge in [-0.1, -0.05) is 30.3 Å². The second kappa shape index (κ2) is 6.93. The molecule has 2 amide bonds. The topological polar surface area (TPSA) is 69.6 Å². The molecule has 0 saturated heterocycles. The lowest BCUT2D eigenvalue weighted by atomic mass is 9.93. The number of fused-ring (bicyclic) bond motifs is 1. The first-order chi connectivity index (χ1) is 11.2. The van der Waals surface area contributed by atoms with Crippen LogP contribution in [0, 0.1) is 0 Å². The summed E-state index contributed by atoms with van der Waals surface area (Å²) in [5, 5.41) is 14.2. The molecule has 0 aliphatic carbocycles. The van der Waals surface area contributed by atoms with Crippen molar-refractivity contribution >= 4 is 23.2 Å². The summed E-state index contributed by atoms with van der Waals surface area (Å²) in [5.41, 5.74) is 2.15. The Balaban J connectivity index is 1.66. The van der Waals surface area contributed by atoms with Crippen LogP contribution in [0.1, 0.15) is 26.8 Å². The summed E-state index contributed by atoms with van der Waals surface area (Å²) in [6.07, 6.45) is 0.761. The average molecular weight is 330 g/mol. The summed E-state index contributed by atoms with van der Waals surface area (Å²) in [6.45, 7) is 0.368. The molecule has 2 aromatic rings. The molecule has 1 aliphatic heterocycles. The zero-order valence-electron chi connectivity index (χ0n) is 12.6. The fourth-order valence-corrected chi connectivity index (χ4v) is 3.54. The fourth-order valence-electron chi connectivity index (χ4n) is 2.90. The van der Waals surface area contributed by atoms with Crippen molar-refractivity contribution in [1.29, 1.82) is 0 Å². The first-order valence-electron chi connectivity index (χ1n) is 7.50. The van der Waals surface area contributed by atoms with Gasteiger partial charge in [-0.05, 0) is 29.0 Å². The van der Waals surface area contributed by atoms with E-state index in [0.29, 0.717) is 11.4 Å². The van der Waals surface area contributed by atoms with Gasteiger partial charge in [0, 0.05) is 6.54 Å². The Morgan fingerprint density at radius 3 is 2.83 bits per heavy atom. The Kier molecular flexibility index (Phi) is 4.73. The highest BCUT2D eigenvalue weighted by Crippen LogP contribution is 2.29. The summed E-state index contributed by atoms with van der Waals surface area (Å²) in [6, 6.07) is 11.0. The number of nitrogens with one attached hydrogen (secondary N) is 1. The van der Waals surface area contributed by atoms with Crippen molar-refractivity contribution in [3.8, 4) is 0 Å². The molecular weight excluding hydrogens is 312 g/mol. The number of carbonyl (C=O) groups excluding carboxylic acids is 2. The van der Waals surface area contributed by atoms with E-state index in [-0.39, 0.29) is 31.0 Å². The van der Waals surface area contributed by atoms with Gasteiger partial charge in [0.2, 0.25) is 5.91 Å². The molecule has 2 N–H and O–H groups in total. The second-order valence-corrected chi connectivity index (χ2v) is 6.34. The van der Waals surface area contributed by atoms with Crippen LogP contribution in [0.15, 0.2) is 41.8 Å². The van der Waals surface area contributed by atoms with Crippen LogP contribution in [-0.2, 0) is 11.2 Å². The van der Waals surface area contributed by atoms with Crippen LogP contribution in [0.4, 0.5) is 0 Å². The molecule has 0 bridgehead atoms. The molecule has 0 fully saturated rings. The molecular formula is C17H18N2O3S. The van der Waals surface area contributed by atoms with E-state index in [1.54, 1.807) is 17.0 Å². The summed E-state index contributed by atoms with van der Waals surface area (Å²) >= 11 is 1.34. The molecule has 6 heteroatoms. The highest BCUT2D eigenvalue weighted by Gasteiger charge is 2.30. The van der Waals surface area contributed by atoms with Gasteiger partial charge in [-0.15, -0.1) is 11.3 Å². The Morgan fingerprint density at radius 2 is 2.09 bits per heavy atom. The van der Waals surface area contributed by atoms with Crippen molar-refractivity contribution in [2.45, 2.75) is 12.5 Å². The van der Waals surface area contributed by atoms with Gasteiger partial charge in [0.15, 0.2) is 0 Å². The first-order valence-corrected chi connectivity index (χ1v) is 8.38. The lowest BCUT2D eigenvalue weighted by Gasteiger charge is -2.36. The third-order valence-electron chi connectivity index (χ3n) is 4.05. The predicted octanol–water partition coefficient (Wildman–Crippen LogP) is 1.60. The normalized spacial score (nSPS) is 16.7. The van der Waals surface area contributed by atoms with E-state index >= 15 is 0 Å². The smallest absolute Gasteiger partial charge is 0.261 e. The third-order valence-corrected chi connectivity index (χ3v) is 4.92. The quantitative estimate of drug-likeness (QED) is 0.894. The monoisotopic (exact) mass is 330 g/mol.